The number of H-pyrrole nitrogens is 1. The quantitative estimate of drug-likeness (QED) is 0.803. The molecule has 1 saturated heterocycles. The number of nitrogens with zero attached hydrogens (tertiary/aromatic N) is 4. The summed E-state index contributed by atoms with van der Waals surface area (Å²) in [6, 6.07) is 4.05. The molecule has 116 valence electrons. The van der Waals surface area contributed by atoms with Crippen molar-refractivity contribution in [3.05, 3.63) is 54.0 Å². The number of carbonyl (C=O) groups excluding carboxylic acids is 1. The molecule has 4 heterocycles. The van der Waals surface area contributed by atoms with E-state index >= 15 is 0 Å². The van der Waals surface area contributed by atoms with Crippen molar-refractivity contribution in [1.29, 1.82) is 0 Å². The van der Waals surface area contributed by atoms with Crippen LogP contribution in [0.1, 0.15) is 21.9 Å². The number of hydrogen-bond donors (Lipinski definition) is 1. The Kier molecular flexibility index (Phi) is 3.29. The first-order chi connectivity index (χ1) is 11.2. The molecular weight excluding hydrogens is 290 g/mol. The van der Waals surface area contributed by atoms with E-state index in [1.54, 1.807) is 12.4 Å². The molecule has 0 atom stereocenters. The van der Waals surface area contributed by atoms with E-state index in [0.29, 0.717) is 17.3 Å². The Morgan fingerprint density at radius 3 is 2.83 bits per heavy atom. The number of rotatable bonds is 3. The second kappa shape index (κ2) is 5.46. The summed E-state index contributed by atoms with van der Waals surface area (Å²) in [5.41, 5.74) is 2.73. The van der Waals surface area contributed by atoms with Gasteiger partial charge in [0.05, 0.1) is 16.8 Å². The minimum Gasteiger partial charge on any atom is -0.360 e. The van der Waals surface area contributed by atoms with Crippen LogP contribution >= 0.6 is 0 Å². The SMILES string of the molecule is Cc1ncc(C(=O)N2CC(Cc3nccc4cc[nH]c34)C2)cn1. The molecule has 0 aromatic carbocycles. The first-order valence-electron chi connectivity index (χ1n) is 7.69. The van der Waals surface area contributed by atoms with Crippen LogP contribution in [-0.2, 0) is 6.42 Å². The van der Waals surface area contributed by atoms with Crippen LogP contribution in [0.2, 0.25) is 0 Å². The summed E-state index contributed by atoms with van der Waals surface area (Å²) in [6.07, 6.45) is 7.85. The van der Waals surface area contributed by atoms with Crippen LogP contribution in [0, 0.1) is 12.8 Å². The number of aryl methyl sites for hydroxylation is 1. The Bertz CT molecular complexity index is 849. The molecule has 6 nitrogen and oxygen atoms in total. The van der Waals surface area contributed by atoms with Gasteiger partial charge in [0.25, 0.3) is 5.91 Å². The minimum absolute atomic E-state index is 0.00675. The van der Waals surface area contributed by atoms with Crippen molar-refractivity contribution in [1.82, 2.24) is 24.8 Å². The summed E-state index contributed by atoms with van der Waals surface area (Å²) in [4.78, 5) is 30.1. The number of aromatic nitrogens is 4. The number of likely N-dealkylation sites (tertiary alicyclic amines) is 1. The average Bonchev–Trinajstić information content (AvgIpc) is 3.00. The highest BCUT2D eigenvalue weighted by Crippen LogP contribution is 2.24. The van der Waals surface area contributed by atoms with Crippen molar-refractivity contribution in [2.75, 3.05) is 13.1 Å². The Morgan fingerprint density at radius 1 is 1.26 bits per heavy atom. The fraction of sp³-hybridized carbons (Fsp3) is 0.294. The zero-order valence-electron chi connectivity index (χ0n) is 12.9. The fourth-order valence-corrected chi connectivity index (χ4v) is 3.02. The number of amides is 1. The number of nitrogens with one attached hydrogen (secondary N) is 1. The van der Waals surface area contributed by atoms with Crippen LogP contribution < -0.4 is 0 Å². The predicted octanol–water partition coefficient (Wildman–Crippen LogP) is 1.98. The normalized spacial score (nSPS) is 14.9. The lowest BCUT2D eigenvalue weighted by atomic mass is 9.93. The van der Waals surface area contributed by atoms with Gasteiger partial charge in [-0.3, -0.25) is 9.78 Å². The summed E-state index contributed by atoms with van der Waals surface area (Å²) in [5, 5.41) is 1.18. The molecule has 23 heavy (non-hydrogen) atoms. The summed E-state index contributed by atoms with van der Waals surface area (Å²) in [6.45, 7) is 3.32. The smallest absolute Gasteiger partial charge is 0.257 e. The second-order valence-electron chi connectivity index (χ2n) is 6.00. The summed E-state index contributed by atoms with van der Waals surface area (Å²) >= 11 is 0. The molecule has 3 aromatic heterocycles. The van der Waals surface area contributed by atoms with Gasteiger partial charge in [-0.1, -0.05) is 0 Å². The third kappa shape index (κ3) is 2.56. The van der Waals surface area contributed by atoms with Crippen LogP contribution in [0.15, 0.2) is 36.9 Å². The van der Waals surface area contributed by atoms with Crippen molar-refractivity contribution >= 4 is 16.8 Å². The molecule has 1 fully saturated rings. The maximum atomic E-state index is 12.3. The average molecular weight is 307 g/mol. The van der Waals surface area contributed by atoms with E-state index in [1.165, 1.54) is 5.39 Å². The third-order valence-corrected chi connectivity index (χ3v) is 4.31. The van der Waals surface area contributed by atoms with Crippen molar-refractivity contribution < 1.29 is 4.79 Å². The van der Waals surface area contributed by atoms with E-state index < -0.39 is 0 Å². The lowest BCUT2D eigenvalue weighted by Gasteiger charge is -2.39. The molecule has 0 bridgehead atoms. The van der Waals surface area contributed by atoms with Gasteiger partial charge in [0.15, 0.2) is 0 Å². The van der Waals surface area contributed by atoms with E-state index in [0.717, 1.165) is 30.7 Å². The van der Waals surface area contributed by atoms with Crippen LogP contribution in [-0.4, -0.2) is 43.8 Å². The summed E-state index contributed by atoms with van der Waals surface area (Å²) in [7, 11) is 0. The van der Waals surface area contributed by atoms with E-state index in [-0.39, 0.29) is 5.91 Å². The molecule has 0 aliphatic carbocycles. The third-order valence-electron chi connectivity index (χ3n) is 4.31. The van der Waals surface area contributed by atoms with Crippen molar-refractivity contribution in [3.63, 3.8) is 0 Å². The van der Waals surface area contributed by atoms with Gasteiger partial charge < -0.3 is 9.88 Å². The monoisotopic (exact) mass is 307 g/mol. The lowest BCUT2D eigenvalue weighted by Crippen LogP contribution is -2.50. The van der Waals surface area contributed by atoms with Crippen molar-refractivity contribution in [3.8, 4) is 0 Å². The van der Waals surface area contributed by atoms with E-state index in [9.17, 15) is 4.79 Å². The maximum absolute atomic E-state index is 12.3. The van der Waals surface area contributed by atoms with Gasteiger partial charge in [-0.2, -0.15) is 0 Å². The summed E-state index contributed by atoms with van der Waals surface area (Å²) < 4.78 is 0. The molecule has 0 radical (unpaired) electrons. The van der Waals surface area contributed by atoms with Gasteiger partial charge in [0, 0.05) is 43.3 Å². The molecule has 1 amide bonds. The fourth-order valence-electron chi connectivity index (χ4n) is 3.02. The van der Waals surface area contributed by atoms with Crippen LogP contribution in [0.25, 0.3) is 10.9 Å². The highest BCUT2D eigenvalue weighted by Gasteiger charge is 2.32. The first kappa shape index (κ1) is 13.9. The molecule has 4 rings (SSSR count). The molecule has 0 unspecified atom stereocenters. The minimum atomic E-state index is 0.00675. The Morgan fingerprint density at radius 2 is 2.04 bits per heavy atom. The summed E-state index contributed by atoms with van der Waals surface area (Å²) in [5.74, 6) is 1.13. The number of hydrogen-bond acceptors (Lipinski definition) is 4. The molecule has 1 aliphatic rings. The Balaban J connectivity index is 1.41. The predicted molar refractivity (Wildman–Crippen MR) is 86.0 cm³/mol. The molecular formula is C17H17N5O. The Labute approximate surface area is 133 Å². The van der Waals surface area contributed by atoms with Gasteiger partial charge in [-0.05, 0) is 31.4 Å². The largest absolute Gasteiger partial charge is 0.360 e. The highest BCUT2D eigenvalue weighted by molar-refractivity contribution is 5.94. The Hall–Kier alpha value is -2.76. The van der Waals surface area contributed by atoms with E-state index in [2.05, 4.69) is 26.0 Å². The highest BCUT2D eigenvalue weighted by atomic mass is 16.2. The van der Waals surface area contributed by atoms with Crippen molar-refractivity contribution in [2.45, 2.75) is 13.3 Å². The molecule has 6 heteroatoms. The molecule has 3 aromatic rings. The zero-order valence-corrected chi connectivity index (χ0v) is 12.9. The van der Waals surface area contributed by atoms with Gasteiger partial charge in [0.1, 0.15) is 5.82 Å². The lowest BCUT2D eigenvalue weighted by molar-refractivity contribution is 0.0499. The number of fused-ring (bicyclic) bond motifs is 1. The zero-order chi connectivity index (χ0) is 15.8. The van der Waals surface area contributed by atoms with Crippen molar-refractivity contribution in [2.24, 2.45) is 5.92 Å². The number of pyridine rings is 1. The van der Waals surface area contributed by atoms with Crippen LogP contribution in [0.5, 0.6) is 0 Å². The topological polar surface area (TPSA) is 74.8 Å². The molecule has 0 saturated carbocycles. The van der Waals surface area contributed by atoms with E-state index in [4.69, 9.17) is 0 Å². The van der Waals surface area contributed by atoms with Gasteiger partial charge in [0.2, 0.25) is 0 Å². The van der Waals surface area contributed by atoms with Crippen LogP contribution in [0.4, 0.5) is 0 Å². The van der Waals surface area contributed by atoms with Crippen LogP contribution in [0.3, 0.4) is 0 Å². The number of aromatic amines is 1. The van der Waals surface area contributed by atoms with Gasteiger partial charge >= 0.3 is 0 Å². The number of carbonyl (C=O) groups is 1. The second-order valence-corrected chi connectivity index (χ2v) is 6.00. The maximum Gasteiger partial charge on any atom is 0.257 e. The molecule has 0 spiro atoms. The van der Waals surface area contributed by atoms with E-state index in [1.807, 2.05) is 30.3 Å². The molecule has 1 aliphatic heterocycles. The standard InChI is InChI=1S/C17H17N5O/c1-11-20-7-14(8-21-11)17(23)22-9-12(10-22)6-15-16-13(2-4-18-15)3-5-19-16/h2-5,7-8,12,19H,6,9-10H2,1H3. The first-order valence-corrected chi connectivity index (χ1v) is 7.69. The van der Waals surface area contributed by atoms with Gasteiger partial charge in [-0.15, -0.1) is 0 Å². The van der Waals surface area contributed by atoms with Gasteiger partial charge in [-0.25, -0.2) is 9.97 Å². The molecule has 1 N–H and O–H groups in total.